The van der Waals surface area contributed by atoms with Crippen LogP contribution in [0.4, 0.5) is 4.79 Å². The van der Waals surface area contributed by atoms with Crippen LogP contribution in [-0.4, -0.2) is 137 Å². The molecule has 1 aromatic carbocycles. The summed E-state index contributed by atoms with van der Waals surface area (Å²) < 4.78 is 24.4. The van der Waals surface area contributed by atoms with E-state index in [1.807, 2.05) is 39.8 Å². The summed E-state index contributed by atoms with van der Waals surface area (Å²) in [7, 11) is 1.74. The van der Waals surface area contributed by atoms with Crippen LogP contribution in [0.5, 0.6) is 11.5 Å². The number of methoxy groups -OCH3 is 1. The second-order valence-corrected chi connectivity index (χ2v) is 21.3. The molecule has 2 aromatic rings. The van der Waals surface area contributed by atoms with E-state index in [0.29, 0.717) is 76.7 Å². The lowest BCUT2D eigenvalue weighted by atomic mass is 9.85. The van der Waals surface area contributed by atoms with Crippen molar-refractivity contribution in [3.63, 3.8) is 0 Å². The van der Waals surface area contributed by atoms with Crippen molar-refractivity contribution in [2.75, 3.05) is 45.6 Å². The Morgan fingerprint density at radius 2 is 1.81 bits per heavy atom. The molecule has 8 rings (SSSR count). The Morgan fingerprint density at radius 3 is 2.47 bits per heavy atom. The van der Waals surface area contributed by atoms with Gasteiger partial charge in [0.1, 0.15) is 59.0 Å². The number of amides is 3. The number of carboxylic acids is 1. The van der Waals surface area contributed by atoms with Crippen molar-refractivity contribution >= 4 is 63.3 Å². The van der Waals surface area contributed by atoms with Crippen LogP contribution in [0.15, 0.2) is 23.2 Å². The lowest BCUT2D eigenvalue weighted by Crippen LogP contribution is -2.59. The number of alkyl carbamates (subject to hydrolysis) is 1. The number of amidine groups is 1. The molecule has 10 atom stereocenters. The minimum Gasteiger partial charge on any atom is -0.491 e. The number of hydrogen-bond donors (Lipinski definition) is 4. The maximum Gasteiger partial charge on any atom is 0.408 e. The van der Waals surface area contributed by atoms with E-state index >= 15 is 0 Å². The highest BCUT2D eigenvalue weighted by Gasteiger charge is 2.61. The molecule has 3 aliphatic heterocycles. The van der Waals surface area contributed by atoms with Gasteiger partial charge in [0.2, 0.25) is 11.8 Å². The van der Waals surface area contributed by atoms with Crippen molar-refractivity contribution in [3.05, 3.63) is 28.9 Å². The molecule has 2 unspecified atom stereocenters. The Balaban J connectivity index is 1.08. The Morgan fingerprint density at radius 1 is 1.05 bits per heavy atom. The Kier molecular flexibility index (Phi) is 13.6. The van der Waals surface area contributed by atoms with Gasteiger partial charge in [0, 0.05) is 56.4 Å². The highest BCUT2D eigenvalue weighted by atomic mass is 35.5. The first-order valence-corrected chi connectivity index (χ1v) is 24.3. The normalized spacial score (nSPS) is 30.2. The van der Waals surface area contributed by atoms with Crippen molar-refractivity contribution in [2.45, 2.75) is 135 Å². The van der Waals surface area contributed by atoms with Gasteiger partial charge in [-0.05, 0) is 81.3 Å². The fourth-order valence-corrected chi connectivity index (χ4v) is 11.3. The van der Waals surface area contributed by atoms with Crippen LogP contribution < -0.4 is 25.4 Å². The van der Waals surface area contributed by atoms with Gasteiger partial charge in [-0.25, -0.2) is 14.6 Å². The number of nitrogens with one attached hydrogen (secondary N) is 3. The number of benzene rings is 1. The van der Waals surface area contributed by atoms with E-state index in [0.717, 1.165) is 37.5 Å². The standard InChI is InChI=1S/C46H64ClN7O9S/c1-8-27-20-46(27,42(57)58)52-40(55)34-18-30(22-54(34)41(56)39(45(4,5)6)51-44(59)63-29-16-25-15-26(25)17-29)62-36-19-32(33-23-64-43(50-33)48-24(2)3)49-38-31(36)9-10-35(37(38)47)61-14-13-53-12-11-28(21-53)60-7/h9-10,19,24-30,33-34,39H,8,11-18,20-23H2,1-7H3,(H,48,50)(H,51,59)(H,52,55)(H,57,58)/t25-,26+,27-,28-,29+,30-,33?,34+,39-,46?/m1/s1. The maximum atomic E-state index is 14.8. The van der Waals surface area contributed by atoms with Crippen LogP contribution in [0.2, 0.25) is 5.02 Å². The Bertz CT molecular complexity index is 2150. The lowest BCUT2D eigenvalue weighted by molar-refractivity contribution is -0.146. The number of carbonyl (C=O) groups is 4. The quantitative estimate of drug-likeness (QED) is 0.158. The Hall–Kier alpha value is -4.06. The van der Waals surface area contributed by atoms with Gasteiger partial charge in [-0.1, -0.05) is 57.5 Å². The number of ether oxygens (including phenoxy) is 4. The molecular weight excluding hydrogens is 862 g/mol. The largest absolute Gasteiger partial charge is 0.491 e. The predicted molar refractivity (Wildman–Crippen MR) is 244 cm³/mol. The van der Waals surface area contributed by atoms with Crippen LogP contribution in [-0.2, 0) is 23.9 Å². The van der Waals surface area contributed by atoms with Crippen molar-refractivity contribution in [1.82, 2.24) is 30.7 Å². The zero-order chi connectivity index (χ0) is 45.7. The second-order valence-electron chi connectivity index (χ2n) is 19.9. The fraction of sp³-hybridized carbons (Fsp3) is 0.696. The Labute approximate surface area is 384 Å². The highest BCUT2D eigenvalue weighted by molar-refractivity contribution is 8.14. The fourth-order valence-electron chi connectivity index (χ4n) is 9.96. The predicted octanol–water partition coefficient (Wildman–Crippen LogP) is 5.79. The number of aliphatic carboxylic acids is 1. The van der Waals surface area contributed by atoms with Gasteiger partial charge in [-0.3, -0.25) is 19.5 Å². The molecule has 18 heteroatoms. The van der Waals surface area contributed by atoms with Crippen molar-refractivity contribution in [1.29, 1.82) is 0 Å². The molecule has 2 saturated heterocycles. The first-order chi connectivity index (χ1) is 30.5. The summed E-state index contributed by atoms with van der Waals surface area (Å²) in [5, 5.41) is 21.1. The number of aliphatic imine (C=N–C) groups is 1. The molecule has 3 saturated carbocycles. The van der Waals surface area contributed by atoms with E-state index < -0.39 is 53.0 Å². The third-order valence-electron chi connectivity index (χ3n) is 13.8. The molecule has 5 fully saturated rings. The van der Waals surface area contributed by atoms with Crippen molar-refractivity contribution in [2.24, 2.45) is 28.2 Å². The topological polar surface area (TPSA) is 193 Å². The van der Waals surface area contributed by atoms with Crippen molar-refractivity contribution in [3.8, 4) is 11.5 Å². The van der Waals surface area contributed by atoms with Crippen LogP contribution in [0, 0.1) is 23.2 Å². The smallest absolute Gasteiger partial charge is 0.408 e. The molecule has 1 aromatic heterocycles. The SMILES string of the molecule is CC[C@@H]1CC1(NC(=O)[C@@H]1C[C@@H](Oc2cc(C3CSC(NC(C)C)=N3)nc3c(Cl)c(OCCN4CC[C@@H](OC)C4)ccc23)CN1C(=O)[C@@H](NC(=O)O[C@@H]1C[C@@H]2C[C@@H]2C1)C(C)(C)C)C(=O)O. The van der Waals surface area contributed by atoms with E-state index in [2.05, 4.69) is 34.7 Å². The highest BCUT2D eigenvalue weighted by Crippen LogP contribution is 2.52. The van der Waals surface area contributed by atoms with E-state index in [1.165, 1.54) is 11.3 Å². The molecule has 350 valence electrons. The first-order valence-electron chi connectivity index (χ1n) is 22.9. The van der Waals surface area contributed by atoms with Gasteiger partial charge in [0.25, 0.3) is 0 Å². The van der Waals surface area contributed by atoms with Gasteiger partial charge in [-0.2, -0.15) is 0 Å². The molecule has 4 N–H and O–H groups in total. The molecular formula is C46H64ClN7O9S. The number of carboxylic acid groups (broad SMARTS) is 1. The molecule has 0 spiro atoms. The summed E-state index contributed by atoms with van der Waals surface area (Å²) >= 11 is 8.75. The number of thioether (sulfide) groups is 1. The molecule has 16 nitrogen and oxygen atoms in total. The number of aromatic nitrogens is 1. The van der Waals surface area contributed by atoms with E-state index in [1.54, 1.807) is 24.9 Å². The zero-order valence-corrected chi connectivity index (χ0v) is 39.6. The number of halogens is 1. The molecule has 0 bridgehead atoms. The van der Waals surface area contributed by atoms with Crippen LogP contribution >= 0.6 is 23.4 Å². The number of likely N-dealkylation sites (tertiary alicyclic amines) is 2. The van der Waals surface area contributed by atoms with Crippen molar-refractivity contribution < 1.29 is 43.2 Å². The third kappa shape index (κ3) is 10.0. The summed E-state index contributed by atoms with van der Waals surface area (Å²) in [6, 6.07) is 3.23. The maximum absolute atomic E-state index is 14.8. The summed E-state index contributed by atoms with van der Waals surface area (Å²) in [6.45, 7) is 14.4. The van der Waals surface area contributed by atoms with E-state index in [-0.39, 0.29) is 43.2 Å². The molecule has 4 heterocycles. The minimum atomic E-state index is -1.41. The summed E-state index contributed by atoms with van der Waals surface area (Å²) in [6.07, 6.45) is 3.36. The molecule has 0 radical (unpaired) electrons. The van der Waals surface area contributed by atoms with Gasteiger partial charge in [0.05, 0.1) is 23.9 Å². The van der Waals surface area contributed by atoms with Crippen LogP contribution in [0.25, 0.3) is 10.9 Å². The summed E-state index contributed by atoms with van der Waals surface area (Å²) in [5.74, 6) is 0.355. The number of pyridine rings is 1. The van der Waals surface area contributed by atoms with Crippen LogP contribution in [0.1, 0.15) is 98.2 Å². The average molecular weight is 927 g/mol. The number of fused-ring (bicyclic) bond motifs is 2. The van der Waals surface area contributed by atoms with Gasteiger partial charge in [0.15, 0.2) is 5.17 Å². The number of carbonyl (C=O) groups excluding carboxylic acids is 3. The van der Waals surface area contributed by atoms with Gasteiger partial charge < -0.3 is 44.9 Å². The number of rotatable bonds is 16. The van der Waals surface area contributed by atoms with E-state index in [9.17, 15) is 24.3 Å². The minimum absolute atomic E-state index is 0.0160. The third-order valence-corrected chi connectivity index (χ3v) is 15.2. The molecule has 3 aliphatic carbocycles. The van der Waals surface area contributed by atoms with Crippen LogP contribution in [0.3, 0.4) is 0 Å². The van der Waals surface area contributed by atoms with Gasteiger partial charge >= 0.3 is 12.1 Å². The second kappa shape index (κ2) is 18.7. The lowest BCUT2D eigenvalue weighted by Gasteiger charge is -2.35. The monoisotopic (exact) mass is 925 g/mol. The van der Waals surface area contributed by atoms with Gasteiger partial charge in [-0.15, -0.1) is 0 Å². The first kappa shape index (κ1) is 46.5. The average Bonchev–Trinajstić information content (AvgIpc) is 3.72. The number of hydrogen-bond acceptors (Lipinski definition) is 13. The molecule has 3 amide bonds. The number of nitrogens with zero attached hydrogens (tertiary/aromatic N) is 4. The summed E-state index contributed by atoms with van der Waals surface area (Å²) in [5.41, 5.74) is -1.09. The molecule has 64 heavy (non-hydrogen) atoms. The van der Waals surface area contributed by atoms with E-state index in [4.69, 9.17) is 40.5 Å². The molecule has 6 aliphatic rings. The summed E-state index contributed by atoms with van der Waals surface area (Å²) in [4.78, 5) is 68.8. The zero-order valence-electron chi connectivity index (χ0n) is 38.0.